The highest BCUT2D eigenvalue weighted by Gasteiger charge is 2.53. The van der Waals surface area contributed by atoms with E-state index in [9.17, 15) is 4.79 Å². The van der Waals surface area contributed by atoms with Crippen molar-refractivity contribution in [2.24, 2.45) is 29.4 Å². The zero-order valence-corrected chi connectivity index (χ0v) is 16.6. The van der Waals surface area contributed by atoms with Crippen LogP contribution in [0.25, 0.3) is 10.9 Å². The van der Waals surface area contributed by atoms with Crippen LogP contribution in [0.5, 0.6) is 0 Å². The molecule has 1 unspecified atom stereocenters. The molecule has 0 spiro atoms. The van der Waals surface area contributed by atoms with Gasteiger partial charge in [-0.2, -0.15) is 0 Å². The molecule has 0 bridgehead atoms. The van der Waals surface area contributed by atoms with Gasteiger partial charge < -0.3 is 16.0 Å². The average molecular weight is 379 g/mol. The number of benzene rings is 1. The Kier molecular flexibility index (Phi) is 4.60. The van der Waals surface area contributed by atoms with Crippen molar-refractivity contribution in [3.8, 4) is 0 Å². The number of rotatable bonds is 4. The molecule has 0 radical (unpaired) electrons. The standard InChI is InChI=1S/C23H30N4O/c1-14-7-16(17-5-4-15(9-24)23-18(17)3-2-6-26-23)13-27(12-14)22(28)8-19-20-10-25-11-21(19)20/h2-6,14,16,19-21,25H,7-13,24H2,1H3/t14-,16-,19?,20-,21+/m1/s1. The lowest BCUT2D eigenvalue weighted by Crippen LogP contribution is -2.43. The van der Waals surface area contributed by atoms with Gasteiger partial charge in [-0.3, -0.25) is 9.78 Å². The fraction of sp³-hybridized carbons (Fsp3) is 0.565. The third-order valence-corrected chi connectivity index (χ3v) is 7.24. The summed E-state index contributed by atoms with van der Waals surface area (Å²) in [5.74, 6) is 3.37. The molecule has 3 fully saturated rings. The van der Waals surface area contributed by atoms with Crippen LogP contribution in [-0.4, -0.2) is 42.0 Å². The van der Waals surface area contributed by atoms with Crippen LogP contribution in [0, 0.1) is 23.7 Å². The molecular weight excluding hydrogens is 348 g/mol. The largest absolute Gasteiger partial charge is 0.342 e. The first kappa shape index (κ1) is 18.1. The number of aromatic nitrogens is 1. The minimum atomic E-state index is 0.358. The van der Waals surface area contributed by atoms with Crippen molar-refractivity contribution >= 4 is 16.8 Å². The number of hydrogen-bond acceptors (Lipinski definition) is 4. The van der Waals surface area contributed by atoms with Gasteiger partial charge in [-0.05, 0) is 60.4 Å². The number of carbonyl (C=O) groups is 1. The average Bonchev–Trinajstić information content (AvgIpc) is 3.12. The highest BCUT2D eigenvalue weighted by atomic mass is 16.2. The molecule has 1 amide bonds. The molecule has 5 heteroatoms. The third-order valence-electron chi connectivity index (χ3n) is 7.24. The Morgan fingerprint density at radius 2 is 2.07 bits per heavy atom. The molecule has 1 aromatic heterocycles. The number of nitrogens with two attached hydrogens (primary N) is 1. The molecule has 1 aliphatic carbocycles. The van der Waals surface area contributed by atoms with Crippen LogP contribution in [0.4, 0.5) is 0 Å². The van der Waals surface area contributed by atoms with Crippen LogP contribution >= 0.6 is 0 Å². The number of nitrogens with zero attached hydrogens (tertiary/aromatic N) is 2. The molecule has 28 heavy (non-hydrogen) atoms. The molecule has 3 heterocycles. The van der Waals surface area contributed by atoms with Gasteiger partial charge in [-0.25, -0.2) is 0 Å². The van der Waals surface area contributed by atoms with Crippen molar-refractivity contribution in [1.29, 1.82) is 0 Å². The quantitative estimate of drug-likeness (QED) is 0.858. The Morgan fingerprint density at radius 3 is 2.86 bits per heavy atom. The number of fused-ring (bicyclic) bond motifs is 2. The van der Waals surface area contributed by atoms with Crippen molar-refractivity contribution in [3.05, 3.63) is 41.6 Å². The van der Waals surface area contributed by atoms with Crippen LogP contribution in [0.15, 0.2) is 30.5 Å². The molecular formula is C23H30N4O. The summed E-state index contributed by atoms with van der Waals surface area (Å²) in [5.41, 5.74) is 9.34. The monoisotopic (exact) mass is 378 g/mol. The van der Waals surface area contributed by atoms with E-state index in [-0.39, 0.29) is 0 Å². The molecule has 5 nitrogen and oxygen atoms in total. The summed E-state index contributed by atoms with van der Waals surface area (Å²) in [5, 5.41) is 4.62. The zero-order valence-electron chi connectivity index (χ0n) is 16.6. The summed E-state index contributed by atoms with van der Waals surface area (Å²) in [6.07, 6.45) is 3.70. The molecule has 1 aromatic carbocycles. The van der Waals surface area contributed by atoms with E-state index in [1.54, 1.807) is 0 Å². The number of carbonyl (C=O) groups excluding carboxylic acids is 1. The molecule has 3 N–H and O–H groups in total. The second-order valence-corrected chi connectivity index (χ2v) is 9.11. The number of piperidine rings is 2. The lowest BCUT2D eigenvalue weighted by molar-refractivity contribution is -0.133. The Labute approximate surface area is 166 Å². The second kappa shape index (κ2) is 7.12. The van der Waals surface area contributed by atoms with Gasteiger partial charge in [0.2, 0.25) is 5.91 Å². The predicted octanol–water partition coefficient (Wildman–Crippen LogP) is 2.50. The first-order valence-corrected chi connectivity index (χ1v) is 10.7. The topological polar surface area (TPSA) is 71.2 Å². The molecule has 2 aromatic rings. The van der Waals surface area contributed by atoms with E-state index in [1.165, 1.54) is 10.9 Å². The van der Waals surface area contributed by atoms with Gasteiger partial charge in [0.1, 0.15) is 0 Å². The predicted molar refractivity (Wildman–Crippen MR) is 111 cm³/mol. The fourth-order valence-electron chi connectivity index (χ4n) is 5.73. The normalized spacial score (nSPS) is 31.8. The minimum absolute atomic E-state index is 0.358. The van der Waals surface area contributed by atoms with Gasteiger partial charge in [-0.1, -0.05) is 25.1 Å². The van der Waals surface area contributed by atoms with Crippen LogP contribution in [-0.2, 0) is 11.3 Å². The molecule has 1 saturated carbocycles. The number of hydrogen-bond donors (Lipinski definition) is 2. The van der Waals surface area contributed by atoms with Crippen molar-refractivity contribution in [3.63, 3.8) is 0 Å². The smallest absolute Gasteiger partial charge is 0.222 e. The summed E-state index contributed by atoms with van der Waals surface area (Å²) in [6, 6.07) is 8.49. The number of pyridine rings is 1. The number of amides is 1. The summed E-state index contributed by atoms with van der Waals surface area (Å²) in [4.78, 5) is 19.8. The van der Waals surface area contributed by atoms with E-state index in [4.69, 9.17) is 5.73 Å². The lowest BCUT2D eigenvalue weighted by atomic mass is 9.83. The van der Waals surface area contributed by atoms with E-state index in [2.05, 4.69) is 40.3 Å². The van der Waals surface area contributed by atoms with E-state index >= 15 is 0 Å². The summed E-state index contributed by atoms with van der Waals surface area (Å²) in [7, 11) is 0. The first-order chi connectivity index (χ1) is 13.7. The third kappa shape index (κ3) is 3.11. The number of likely N-dealkylation sites (tertiary alicyclic amines) is 1. The molecule has 2 aliphatic heterocycles. The van der Waals surface area contributed by atoms with E-state index in [1.807, 2.05) is 12.3 Å². The Morgan fingerprint density at radius 1 is 1.25 bits per heavy atom. The maximum absolute atomic E-state index is 13.0. The Hall–Kier alpha value is -1.98. The van der Waals surface area contributed by atoms with Gasteiger partial charge in [0, 0.05) is 43.6 Å². The molecule has 148 valence electrons. The van der Waals surface area contributed by atoms with Crippen LogP contribution in [0.1, 0.15) is 36.8 Å². The SMILES string of the molecule is C[C@@H]1C[C@@H](c2ccc(CN)c3ncccc23)CN(C(=O)CC2[C@H]3CNC[C@@H]23)C1. The molecule has 2 saturated heterocycles. The van der Waals surface area contributed by atoms with Crippen molar-refractivity contribution in [1.82, 2.24) is 15.2 Å². The zero-order chi connectivity index (χ0) is 19.3. The molecule has 5 rings (SSSR count). The lowest BCUT2D eigenvalue weighted by Gasteiger charge is -2.37. The van der Waals surface area contributed by atoms with E-state index < -0.39 is 0 Å². The Balaban J connectivity index is 1.37. The Bertz CT molecular complexity index is 887. The summed E-state index contributed by atoms with van der Waals surface area (Å²) < 4.78 is 0. The number of nitrogens with one attached hydrogen (secondary N) is 1. The van der Waals surface area contributed by atoms with Gasteiger partial charge in [0.25, 0.3) is 0 Å². The fourth-order valence-corrected chi connectivity index (χ4v) is 5.73. The summed E-state index contributed by atoms with van der Waals surface area (Å²) in [6.45, 7) is 6.71. The van der Waals surface area contributed by atoms with Crippen molar-refractivity contribution in [2.45, 2.75) is 32.2 Å². The van der Waals surface area contributed by atoms with Gasteiger partial charge in [-0.15, -0.1) is 0 Å². The van der Waals surface area contributed by atoms with Crippen molar-refractivity contribution in [2.75, 3.05) is 26.2 Å². The summed E-state index contributed by atoms with van der Waals surface area (Å²) >= 11 is 0. The first-order valence-electron chi connectivity index (χ1n) is 10.7. The molecule has 3 aliphatic rings. The van der Waals surface area contributed by atoms with Gasteiger partial charge in [0.05, 0.1) is 5.52 Å². The van der Waals surface area contributed by atoms with Crippen molar-refractivity contribution < 1.29 is 4.79 Å². The highest BCUT2D eigenvalue weighted by Crippen LogP contribution is 2.51. The van der Waals surface area contributed by atoms with Crippen LogP contribution < -0.4 is 11.1 Å². The van der Waals surface area contributed by atoms with E-state index in [0.717, 1.165) is 61.9 Å². The maximum Gasteiger partial charge on any atom is 0.222 e. The minimum Gasteiger partial charge on any atom is -0.342 e. The van der Waals surface area contributed by atoms with Crippen LogP contribution in [0.2, 0.25) is 0 Å². The van der Waals surface area contributed by atoms with E-state index in [0.29, 0.717) is 30.2 Å². The van der Waals surface area contributed by atoms with Gasteiger partial charge >= 0.3 is 0 Å². The highest BCUT2D eigenvalue weighted by molar-refractivity contribution is 5.86. The van der Waals surface area contributed by atoms with Crippen LogP contribution in [0.3, 0.4) is 0 Å². The maximum atomic E-state index is 13.0. The second-order valence-electron chi connectivity index (χ2n) is 9.11. The van der Waals surface area contributed by atoms with Gasteiger partial charge in [0.15, 0.2) is 0 Å². The molecule has 5 atom stereocenters.